The second-order valence-electron chi connectivity index (χ2n) is 13.3. The highest BCUT2D eigenvalue weighted by Gasteiger charge is 2.74. The molecule has 4 aromatic carbocycles. The first-order valence-electron chi connectivity index (χ1n) is 16.3. The van der Waals surface area contributed by atoms with Gasteiger partial charge in [-0.1, -0.05) is 73.5 Å². The maximum absolute atomic E-state index is 15.0. The fourth-order valence-electron chi connectivity index (χ4n) is 9.64. The Morgan fingerprint density at radius 1 is 0.756 bits per heavy atom. The fourth-order valence-corrected chi connectivity index (χ4v) is 9.64. The molecule has 5 atom stereocenters. The number of carbonyl (C=O) groups excluding carboxylic acids is 2. The van der Waals surface area contributed by atoms with Crippen LogP contribution in [-0.2, 0) is 22.4 Å². The second-order valence-corrected chi connectivity index (χ2v) is 13.3. The third-order valence-electron chi connectivity index (χ3n) is 11.3. The van der Waals surface area contributed by atoms with E-state index in [1.165, 1.54) is 0 Å². The van der Waals surface area contributed by atoms with Crippen molar-refractivity contribution in [3.05, 3.63) is 97.1 Å². The topological polar surface area (TPSA) is 81.1 Å². The van der Waals surface area contributed by atoms with Gasteiger partial charge in [0.2, 0.25) is 11.8 Å². The Hall–Kier alpha value is -4.58. The quantitative estimate of drug-likeness (QED) is 0.222. The van der Waals surface area contributed by atoms with Crippen molar-refractivity contribution in [3.63, 3.8) is 0 Å². The molecule has 6 heteroatoms. The number of hydrogen-bond acceptors (Lipinski definition) is 4. The van der Waals surface area contributed by atoms with Gasteiger partial charge in [-0.25, -0.2) is 0 Å². The van der Waals surface area contributed by atoms with Gasteiger partial charge in [-0.15, -0.1) is 13.2 Å². The minimum atomic E-state index is -0.909. The molecule has 2 aliphatic heterocycles. The van der Waals surface area contributed by atoms with Gasteiger partial charge in [0, 0.05) is 50.9 Å². The van der Waals surface area contributed by atoms with Gasteiger partial charge in [-0.05, 0) is 56.1 Å². The lowest BCUT2D eigenvalue weighted by molar-refractivity contribution is -0.134. The number of aromatic hydroxyl groups is 2. The summed E-state index contributed by atoms with van der Waals surface area (Å²) in [4.78, 5) is 33.3. The van der Waals surface area contributed by atoms with Crippen LogP contribution in [0.15, 0.2) is 86.0 Å². The van der Waals surface area contributed by atoms with Gasteiger partial charge < -0.3 is 10.2 Å². The molecule has 4 aliphatic rings. The van der Waals surface area contributed by atoms with Gasteiger partial charge in [0.15, 0.2) is 0 Å². The zero-order valence-corrected chi connectivity index (χ0v) is 25.4. The van der Waals surface area contributed by atoms with Crippen molar-refractivity contribution < 1.29 is 19.8 Å². The van der Waals surface area contributed by atoms with Crippen LogP contribution in [0.4, 0.5) is 11.4 Å². The van der Waals surface area contributed by atoms with Gasteiger partial charge in [0.1, 0.15) is 17.2 Å². The summed E-state index contributed by atoms with van der Waals surface area (Å²) in [7, 11) is 0. The molecule has 2 N–H and O–H groups in total. The highest BCUT2D eigenvalue weighted by atomic mass is 16.3. The largest absolute Gasteiger partial charge is 0.507 e. The summed E-state index contributed by atoms with van der Waals surface area (Å²) >= 11 is 0. The van der Waals surface area contributed by atoms with Crippen molar-refractivity contribution in [1.29, 1.82) is 0 Å². The predicted octanol–water partition coefficient (Wildman–Crippen LogP) is 7.78. The molecule has 2 saturated carbocycles. The van der Waals surface area contributed by atoms with Gasteiger partial charge >= 0.3 is 0 Å². The predicted molar refractivity (Wildman–Crippen MR) is 178 cm³/mol. The first-order valence-corrected chi connectivity index (χ1v) is 16.3. The maximum atomic E-state index is 15.0. The average molecular weight is 599 g/mol. The molecule has 8 rings (SSSR count). The van der Waals surface area contributed by atoms with Crippen LogP contribution in [0.2, 0.25) is 0 Å². The van der Waals surface area contributed by atoms with E-state index in [0.717, 1.165) is 47.8 Å². The van der Waals surface area contributed by atoms with Crippen LogP contribution in [0.5, 0.6) is 11.5 Å². The molecule has 4 fully saturated rings. The summed E-state index contributed by atoms with van der Waals surface area (Å²) in [5, 5.41) is 25.5. The van der Waals surface area contributed by atoms with Crippen LogP contribution in [0.25, 0.3) is 21.5 Å². The molecule has 2 aliphatic carbocycles. The number of benzene rings is 4. The lowest BCUT2D eigenvalue weighted by Crippen LogP contribution is -2.64. The van der Waals surface area contributed by atoms with E-state index in [1.807, 2.05) is 70.5 Å². The van der Waals surface area contributed by atoms with Crippen LogP contribution in [-0.4, -0.2) is 27.7 Å². The molecule has 0 aromatic heterocycles. The van der Waals surface area contributed by atoms with Gasteiger partial charge in [-0.2, -0.15) is 0 Å². The SMILES string of the molecule is C=CCc1cc(N2C(=O)CCC23C2C4CCCCC4C2C(=O)N3c2cc(CC=C)c(O)c3ccccc23)c2ccccc2c1O. The van der Waals surface area contributed by atoms with E-state index in [2.05, 4.69) is 13.2 Å². The molecular formula is C39H38N2O4. The Labute approximate surface area is 263 Å². The summed E-state index contributed by atoms with van der Waals surface area (Å²) in [5.41, 5.74) is 1.97. The molecule has 2 amide bonds. The minimum absolute atomic E-state index is 0.00686. The van der Waals surface area contributed by atoms with Gasteiger partial charge in [0.05, 0.1) is 11.4 Å². The van der Waals surface area contributed by atoms with Crippen LogP contribution in [0.1, 0.15) is 49.7 Å². The van der Waals surface area contributed by atoms with Crippen molar-refractivity contribution in [2.75, 3.05) is 9.80 Å². The van der Waals surface area contributed by atoms with Crippen molar-refractivity contribution in [2.45, 2.75) is 57.0 Å². The number of fused-ring (bicyclic) bond motifs is 7. The van der Waals surface area contributed by atoms with E-state index in [1.54, 1.807) is 12.2 Å². The zero-order valence-electron chi connectivity index (χ0n) is 25.4. The van der Waals surface area contributed by atoms with E-state index in [-0.39, 0.29) is 35.1 Å². The van der Waals surface area contributed by atoms with Crippen LogP contribution < -0.4 is 9.80 Å². The molecule has 4 aromatic rings. The lowest BCUT2D eigenvalue weighted by Gasteiger charge is -2.56. The van der Waals surface area contributed by atoms with E-state index in [4.69, 9.17) is 0 Å². The number of nitrogens with zero attached hydrogens (tertiary/aromatic N) is 2. The van der Waals surface area contributed by atoms with Crippen LogP contribution in [0, 0.1) is 23.7 Å². The molecule has 0 bridgehead atoms. The minimum Gasteiger partial charge on any atom is -0.507 e. The van der Waals surface area contributed by atoms with Gasteiger partial charge in [-0.3, -0.25) is 19.4 Å². The first kappa shape index (κ1) is 27.9. The molecule has 45 heavy (non-hydrogen) atoms. The summed E-state index contributed by atoms with van der Waals surface area (Å²) in [5.74, 6) is 0.979. The van der Waals surface area contributed by atoms with Crippen molar-refractivity contribution in [1.82, 2.24) is 0 Å². The average Bonchev–Trinajstić information content (AvgIpc) is 3.48. The highest BCUT2D eigenvalue weighted by molar-refractivity contribution is 6.15. The third-order valence-corrected chi connectivity index (χ3v) is 11.3. The summed E-state index contributed by atoms with van der Waals surface area (Å²) in [6, 6.07) is 19.3. The Balaban J connectivity index is 1.43. The number of amides is 2. The third kappa shape index (κ3) is 3.68. The molecule has 5 unspecified atom stereocenters. The van der Waals surface area contributed by atoms with E-state index >= 15 is 4.79 Å². The maximum Gasteiger partial charge on any atom is 0.232 e. The fraction of sp³-hybridized carbons (Fsp3) is 0.333. The van der Waals surface area contributed by atoms with Gasteiger partial charge in [0.25, 0.3) is 0 Å². The van der Waals surface area contributed by atoms with Crippen molar-refractivity contribution in [3.8, 4) is 11.5 Å². The number of anilines is 2. The molecule has 0 radical (unpaired) electrons. The number of carbonyl (C=O) groups is 2. The Morgan fingerprint density at radius 2 is 1.27 bits per heavy atom. The van der Waals surface area contributed by atoms with E-state index in [9.17, 15) is 15.0 Å². The van der Waals surface area contributed by atoms with Crippen LogP contribution >= 0.6 is 0 Å². The van der Waals surface area contributed by atoms with E-state index in [0.29, 0.717) is 59.4 Å². The molecule has 1 spiro atoms. The van der Waals surface area contributed by atoms with Crippen LogP contribution in [0.3, 0.4) is 0 Å². The molecule has 2 saturated heterocycles. The monoisotopic (exact) mass is 598 g/mol. The molecule has 228 valence electrons. The summed E-state index contributed by atoms with van der Waals surface area (Å²) in [6.45, 7) is 7.84. The molecular weight excluding hydrogens is 560 g/mol. The zero-order chi connectivity index (χ0) is 31.0. The lowest BCUT2D eigenvalue weighted by atomic mass is 9.50. The Morgan fingerprint density at radius 3 is 1.82 bits per heavy atom. The van der Waals surface area contributed by atoms with Crippen molar-refractivity contribution >= 4 is 44.7 Å². The normalized spacial score (nSPS) is 27.2. The number of hydrogen-bond donors (Lipinski definition) is 2. The summed E-state index contributed by atoms with van der Waals surface area (Å²) < 4.78 is 0. The standard InChI is InChI=1S/C39H38N2O4/c1-3-11-23-21-31(25-13-5-9-17-29(25)36(23)43)40-33(42)19-20-39(40)35-28-16-8-7-15-27(28)34(35)38(45)41(39)32-22-24(12-4-2)37(44)30-18-10-6-14-26(30)32/h3-6,9-10,13-14,17-18,21-22,27-28,34-35,43-44H,1-2,7-8,11-12,15-16,19-20H2. The molecule has 6 nitrogen and oxygen atoms in total. The number of rotatable bonds is 6. The summed E-state index contributed by atoms with van der Waals surface area (Å²) in [6.07, 6.45) is 9.66. The Bertz CT molecular complexity index is 1930. The van der Waals surface area contributed by atoms with Crippen molar-refractivity contribution in [2.24, 2.45) is 23.7 Å². The second kappa shape index (κ2) is 10.2. The first-order chi connectivity index (χ1) is 21.9. The van der Waals surface area contributed by atoms with E-state index < -0.39 is 5.66 Å². The smallest absolute Gasteiger partial charge is 0.232 e. The number of allylic oxidation sites excluding steroid dienone is 2. The highest BCUT2D eigenvalue weighted by Crippen LogP contribution is 2.68. The molecule has 2 heterocycles. The number of phenols is 2. The Kier molecular flexibility index (Phi) is 6.35. The number of phenolic OH excluding ortho intramolecular Hbond substituents is 2.